The van der Waals surface area contributed by atoms with Crippen LogP contribution in [0.15, 0.2) is 88.5 Å². The molecule has 0 aliphatic rings. The SMILES string of the molecule is O=C(OCC#CCSc1nc2ccccc2n1Cc1ccccc1)c1ccc(Br)cc1. The lowest BCUT2D eigenvalue weighted by Crippen LogP contribution is -2.05. The second kappa shape index (κ2) is 10.3. The van der Waals surface area contributed by atoms with E-state index < -0.39 is 0 Å². The molecular formula is C25H19BrN2O2S. The molecule has 0 N–H and O–H groups in total. The molecule has 0 saturated heterocycles. The molecule has 0 aliphatic heterocycles. The van der Waals surface area contributed by atoms with Crippen LogP contribution in [0.3, 0.4) is 0 Å². The topological polar surface area (TPSA) is 44.1 Å². The van der Waals surface area contributed by atoms with Crippen LogP contribution in [-0.4, -0.2) is 27.9 Å². The largest absolute Gasteiger partial charge is 0.449 e. The van der Waals surface area contributed by atoms with Gasteiger partial charge in [-0.15, -0.1) is 0 Å². The van der Waals surface area contributed by atoms with Gasteiger partial charge < -0.3 is 9.30 Å². The van der Waals surface area contributed by atoms with Crippen molar-refractivity contribution < 1.29 is 9.53 Å². The number of benzene rings is 3. The predicted molar refractivity (Wildman–Crippen MR) is 128 cm³/mol. The Kier molecular flexibility index (Phi) is 7.08. The van der Waals surface area contributed by atoms with Crippen LogP contribution < -0.4 is 0 Å². The molecule has 0 amide bonds. The number of hydrogen-bond donors (Lipinski definition) is 0. The van der Waals surface area contributed by atoms with E-state index in [1.807, 2.05) is 36.4 Å². The van der Waals surface area contributed by atoms with Crippen LogP contribution in [0.4, 0.5) is 0 Å². The molecule has 4 nitrogen and oxygen atoms in total. The third kappa shape index (κ3) is 5.57. The second-order valence-electron chi connectivity index (χ2n) is 6.68. The lowest BCUT2D eigenvalue weighted by molar-refractivity contribution is 0.0556. The molecule has 6 heteroatoms. The third-order valence-electron chi connectivity index (χ3n) is 4.56. The molecule has 0 saturated carbocycles. The summed E-state index contributed by atoms with van der Waals surface area (Å²) in [4.78, 5) is 16.8. The smallest absolute Gasteiger partial charge is 0.339 e. The summed E-state index contributed by atoms with van der Waals surface area (Å²) >= 11 is 4.93. The zero-order chi connectivity index (χ0) is 21.5. The molecule has 0 bridgehead atoms. The van der Waals surface area contributed by atoms with E-state index in [0.29, 0.717) is 11.3 Å². The normalized spacial score (nSPS) is 10.5. The zero-order valence-electron chi connectivity index (χ0n) is 16.6. The number of thioether (sulfide) groups is 1. The van der Waals surface area contributed by atoms with Gasteiger partial charge in [0.25, 0.3) is 0 Å². The first kappa shape index (κ1) is 21.2. The van der Waals surface area contributed by atoms with Crippen molar-refractivity contribution in [2.45, 2.75) is 11.7 Å². The van der Waals surface area contributed by atoms with E-state index in [1.165, 1.54) is 5.56 Å². The van der Waals surface area contributed by atoms with Crippen LogP contribution in [-0.2, 0) is 11.3 Å². The number of esters is 1. The molecule has 3 aromatic carbocycles. The summed E-state index contributed by atoms with van der Waals surface area (Å²) in [6.45, 7) is 0.817. The van der Waals surface area contributed by atoms with Gasteiger partial charge in [0.2, 0.25) is 0 Å². The summed E-state index contributed by atoms with van der Waals surface area (Å²) < 4.78 is 8.34. The minimum Gasteiger partial charge on any atom is -0.449 e. The van der Waals surface area contributed by atoms with E-state index in [2.05, 4.69) is 50.5 Å². The number of aromatic nitrogens is 2. The fourth-order valence-corrected chi connectivity index (χ4v) is 4.11. The van der Waals surface area contributed by atoms with Crippen molar-refractivity contribution >= 4 is 44.7 Å². The molecule has 31 heavy (non-hydrogen) atoms. The van der Waals surface area contributed by atoms with Crippen LogP contribution in [0.25, 0.3) is 11.0 Å². The van der Waals surface area contributed by atoms with Crippen LogP contribution in [0.5, 0.6) is 0 Å². The van der Waals surface area contributed by atoms with Gasteiger partial charge in [-0.2, -0.15) is 0 Å². The number of fused-ring (bicyclic) bond motifs is 1. The molecule has 0 unspecified atom stereocenters. The number of para-hydroxylation sites is 2. The first-order valence-corrected chi connectivity index (χ1v) is 11.5. The Labute approximate surface area is 193 Å². The predicted octanol–water partition coefficient (Wildman–Crippen LogP) is 5.80. The number of carbonyl (C=O) groups excluding carboxylic acids is 1. The Bertz CT molecular complexity index is 1240. The Morgan fingerprint density at radius 3 is 2.52 bits per heavy atom. The van der Waals surface area contributed by atoms with E-state index in [0.717, 1.165) is 27.2 Å². The number of ether oxygens (including phenoxy) is 1. The van der Waals surface area contributed by atoms with Crippen molar-refractivity contribution in [3.63, 3.8) is 0 Å². The van der Waals surface area contributed by atoms with E-state index in [1.54, 1.807) is 36.0 Å². The highest BCUT2D eigenvalue weighted by atomic mass is 79.9. The maximum absolute atomic E-state index is 12.0. The van der Waals surface area contributed by atoms with E-state index in [-0.39, 0.29) is 12.6 Å². The van der Waals surface area contributed by atoms with Gasteiger partial charge in [0, 0.05) is 4.47 Å². The van der Waals surface area contributed by atoms with Crippen molar-refractivity contribution in [2.24, 2.45) is 0 Å². The molecule has 1 aromatic heterocycles. The molecular weight excluding hydrogens is 472 g/mol. The highest BCUT2D eigenvalue weighted by molar-refractivity contribution is 9.10. The Morgan fingerprint density at radius 1 is 0.968 bits per heavy atom. The molecule has 1 heterocycles. The lowest BCUT2D eigenvalue weighted by Gasteiger charge is -2.08. The standard InChI is InChI=1S/C25H19BrN2O2S/c26-21-14-12-20(13-15-21)24(29)30-16-6-7-17-31-25-27-22-10-4-5-11-23(22)28(25)18-19-8-2-1-3-9-19/h1-5,8-15H,16-18H2. The first-order valence-electron chi connectivity index (χ1n) is 9.71. The van der Waals surface area contributed by atoms with Crippen molar-refractivity contribution in [1.82, 2.24) is 9.55 Å². The molecule has 0 aliphatic carbocycles. The van der Waals surface area contributed by atoms with Crippen LogP contribution in [0, 0.1) is 11.8 Å². The fraction of sp³-hybridized carbons (Fsp3) is 0.120. The van der Waals surface area contributed by atoms with Crippen LogP contribution in [0.1, 0.15) is 15.9 Å². The minimum absolute atomic E-state index is 0.0654. The highest BCUT2D eigenvalue weighted by Crippen LogP contribution is 2.25. The minimum atomic E-state index is -0.376. The molecule has 0 spiro atoms. The highest BCUT2D eigenvalue weighted by Gasteiger charge is 2.11. The van der Waals surface area contributed by atoms with Gasteiger partial charge in [-0.1, -0.05) is 82.0 Å². The maximum Gasteiger partial charge on any atom is 0.339 e. The number of nitrogens with zero attached hydrogens (tertiary/aromatic N) is 2. The Balaban J connectivity index is 1.38. The summed E-state index contributed by atoms with van der Waals surface area (Å²) in [7, 11) is 0. The average Bonchev–Trinajstić information content (AvgIpc) is 3.14. The fourth-order valence-electron chi connectivity index (χ4n) is 3.06. The summed E-state index contributed by atoms with van der Waals surface area (Å²) in [6, 6.07) is 25.5. The number of halogens is 1. The Morgan fingerprint density at radius 2 is 1.71 bits per heavy atom. The van der Waals surface area contributed by atoms with Gasteiger partial charge in [0.1, 0.15) is 0 Å². The zero-order valence-corrected chi connectivity index (χ0v) is 19.0. The molecule has 0 atom stereocenters. The first-order chi connectivity index (χ1) is 15.2. The number of hydrogen-bond acceptors (Lipinski definition) is 4. The summed E-state index contributed by atoms with van der Waals surface area (Å²) in [5, 5.41) is 0.922. The van der Waals surface area contributed by atoms with E-state index in [4.69, 9.17) is 9.72 Å². The summed E-state index contributed by atoms with van der Waals surface area (Å²) in [5.41, 5.74) is 3.80. The number of carbonyl (C=O) groups is 1. The monoisotopic (exact) mass is 490 g/mol. The van der Waals surface area contributed by atoms with Gasteiger partial charge in [-0.05, 0) is 42.0 Å². The summed E-state index contributed by atoms with van der Waals surface area (Å²) in [5.74, 6) is 6.16. The third-order valence-corrected chi connectivity index (χ3v) is 5.94. The lowest BCUT2D eigenvalue weighted by atomic mass is 10.2. The Hall–Kier alpha value is -3.01. The molecule has 0 radical (unpaired) electrons. The van der Waals surface area contributed by atoms with Gasteiger partial charge in [-0.3, -0.25) is 0 Å². The molecule has 154 valence electrons. The molecule has 4 aromatic rings. The summed E-state index contributed by atoms with van der Waals surface area (Å²) in [6.07, 6.45) is 0. The number of rotatable bonds is 6. The van der Waals surface area contributed by atoms with Crippen LogP contribution >= 0.6 is 27.7 Å². The van der Waals surface area contributed by atoms with Gasteiger partial charge >= 0.3 is 5.97 Å². The van der Waals surface area contributed by atoms with Gasteiger partial charge in [-0.25, -0.2) is 9.78 Å². The van der Waals surface area contributed by atoms with Gasteiger partial charge in [0.05, 0.1) is 28.9 Å². The van der Waals surface area contributed by atoms with Crippen molar-refractivity contribution in [3.8, 4) is 11.8 Å². The van der Waals surface area contributed by atoms with E-state index >= 15 is 0 Å². The number of imidazole rings is 1. The maximum atomic E-state index is 12.0. The molecule has 4 rings (SSSR count). The second-order valence-corrected chi connectivity index (χ2v) is 8.54. The van der Waals surface area contributed by atoms with E-state index in [9.17, 15) is 4.79 Å². The van der Waals surface area contributed by atoms with Crippen molar-refractivity contribution in [3.05, 3.63) is 94.5 Å². The van der Waals surface area contributed by atoms with Crippen molar-refractivity contribution in [1.29, 1.82) is 0 Å². The molecule has 0 fully saturated rings. The quantitative estimate of drug-likeness (QED) is 0.194. The average molecular weight is 491 g/mol. The van der Waals surface area contributed by atoms with Gasteiger partial charge in [0.15, 0.2) is 11.8 Å². The van der Waals surface area contributed by atoms with Crippen LogP contribution in [0.2, 0.25) is 0 Å². The van der Waals surface area contributed by atoms with Crippen molar-refractivity contribution in [2.75, 3.05) is 12.4 Å².